The largest absolute Gasteiger partial charge is 0.382 e. The summed E-state index contributed by atoms with van der Waals surface area (Å²) in [6.45, 7) is 4.22. The number of urea groups is 1. The molecule has 0 atom stereocenters. The highest BCUT2D eigenvalue weighted by molar-refractivity contribution is 6.31. The van der Waals surface area contributed by atoms with Crippen LogP contribution in [-0.2, 0) is 9.47 Å². The average Bonchev–Trinajstić information content (AvgIpc) is 2.42. The van der Waals surface area contributed by atoms with E-state index in [-0.39, 0.29) is 6.03 Å². The summed E-state index contributed by atoms with van der Waals surface area (Å²) < 4.78 is 10.1. The van der Waals surface area contributed by atoms with E-state index in [9.17, 15) is 4.79 Å². The van der Waals surface area contributed by atoms with E-state index in [4.69, 9.17) is 21.1 Å². The summed E-state index contributed by atoms with van der Waals surface area (Å²) in [5.74, 6) is 0. The van der Waals surface area contributed by atoms with Gasteiger partial charge in [0, 0.05) is 31.0 Å². The van der Waals surface area contributed by atoms with Gasteiger partial charge in [0.25, 0.3) is 0 Å². The predicted molar refractivity (Wildman–Crippen MR) is 80.5 cm³/mol. The molecule has 6 heteroatoms. The third-order valence-electron chi connectivity index (χ3n) is 2.61. The Morgan fingerprint density at radius 2 is 2.10 bits per heavy atom. The summed E-state index contributed by atoms with van der Waals surface area (Å²) in [4.78, 5) is 11.6. The summed E-state index contributed by atoms with van der Waals surface area (Å²) in [6, 6.07) is 5.16. The van der Waals surface area contributed by atoms with E-state index in [2.05, 4.69) is 10.6 Å². The first kappa shape index (κ1) is 16.8. The molecule has 0 bridgehead atoms. The van der Waals surface area contributed by atoms with E-state index in [1.165, 1.54) is 0 Å². The van der Waals surface area contributed by atoms with Crippen molar-refractivity contribution in [2.24, 2.45) is 0 Å². The SMILES string of the molecule is COCCOCCCNC(=O)Nc1ccc(C)c(Cl)c1. The van der Waals surface area contributed by atoms with Crippen LogP contribution < -0.4 is 10.6 Å². The van der Waals surface area contributed by atoms with Crippen molar-refractivity contribution in [2.75, 3.05) is 38.8 Å². The molecule has 2 amide bonds. The topological polar surface area (TPSA) is 59.6 Å². The van der Waals surface area contributed by atoms with Gasteiger partial charge in [-0.3, -0.25) is 0 Å². The first-order valence-corrected chi connectivity index (χ1v) is 6.89. The Morgan fingerprint density at radius 1 is 1.30 bits per heavy atom. The van der Waals surface area contributed by atoms with Crippen molar-refractivity contribution in [3.8, 4) is 0 Å². The fourth-order valence-electron chi connectivity index (χ4n) is 1.47. The third kappa shape index (κ3) is 6.75. The lowest BCUT2D eigenvalue weighted by Crippen LogP contribution is -2.30. The molecule has 1 rings (SSSR count). The second kappa shape index (κ2) is 9.58. The van der Waals surface area contributed by atoms with E-state index < -0.39 is 0 Å². The van der Waals surface area contributed by atoms with Crippen molar-refractivity contribution >= 4 is 23.3 Å². The molecule has 112 valence electrons. The highest BCUT2D eigenvalue weighted by Crippen LogP contribution is 2.19. The van der Waals surface area contributed by atoms with Gasteiger partial charge in [-0.2, -0.15) is 0 Å². The Hall–Kier alpha value is -1.30. The molecule has 0 saturated heterocycles. The van der Waals surface area contributed by atoms with Crippen LogP contribution >= 0.6 is 11.6 Å². The lowest BCUT2D eigenvalue weighted by Gasteiger charge is -2.09. The monoisotopic (exact) mass is 300 g/mol. The first-order chi connectivity index (χ1) is 9.63. The van der Waals surface area contributed by atoms with Crippen LogP contribution in [0.25, 0.3) is 0 Å². The van der Waals surface area contributed by atoms with Gasteiger partial charge in [0.1, 0.15) is 0 Å². The van der Waals surface area contributed by atoms with Gasteiger partial charge < -0.3 is 20.1 Å². The molecule has 0 saturated carbocycles. The number of aryl methyl sites for hydroxylation is 1. The zero-order valence-corrected chi connectivity index (χ0v) is 12.6. The van der Waals surface area contributed by atoms with Crippen molar-refractivity contribution in [1.29, 1.82) is 0 Å². The van der Waals surface area contributed by atoms with Crippen LogP contribution in [0.3, 0.4) is 0 Å². The summed E-state index contributed by atoms with van der Waals surface area (Å²) in [5, 5.41) is 6.11. The van der Waals surface area contributed by atoms with E-state index in [1.807, 2.05) is 19.1 Å². The minimum Gasteiger partial charge on any atom is -0.382 e. The second-order valence-corrected chi connectivity index (χ2v) is 4.71. The number of carbonyl (C=O) groups is 1. The van der Waals surface area contributed by atoms with Gasteiger partial charge in [-0.25, -0.2) is 4.79 Å². The fourth-order valence-corrected chi connectivity index (χ4v) is 1.65. The number of amides is 2. The minimum absolute atomic E-state index is 0.248. The Balaban J connectivity index is 2.15. The number of methoxy groups -OCH3 is 1. The van der Waals surface area contributed by atoms with Crippen molar-refractivity contribution < 1.29 is 14.3 Å². The molecule has 0 radical (unpaired) electrons. The number of hydrogen-bond donors (Lipinski definition) is 2. The molecule has 0 heterocycles. The summed E-state index contributed by atoms with van der Waals surface area (Å²) >= 11 is 5.99. The Kier molecular flexibility index (Phi) is 8.02. The highest BCUT2D eigenvalue weighted by Gasteiger charge is 2.02. The maximum atomic E-state index is 11.6. The predicted octanol–water partition coefficient (Wildman–Crippen LogP) is 2.82. The molecule has 0 aromatic heterocycles. The van der Waals surface area contributed by atoms with Crippen LogP contribution in [0.4, 0.5) is 10.5 Å². The highest BCUT2D eigenvalue weighted by atomic mass is 35.5. The Bertz CT molecular complexity index is 427. The molecule has 0 spiro atoms. The minimum atomic E-state index is -0.248. The van der Waals surface area contributed by atoms with Gasteiger partial charge in [-0.15, -0.1) is 0 Å². The number of carbonyl (C=O) groups excluding carboxylic acids is 1. The normalized spacial score (nSPS) is 10.3. The molecular weight excluding hydrogens is 280 g/mol. The molecule has 1 aromatic carbocycles. The molecule has 0 aliphatic rings. The van der Waals surface area contributed by atoms with Gasteiger partial charge in [0.05, 0.1) is 13.2 Å². The van der Waals surface area contributed by atoms with Crippen LogP contribution in [0, 0.1) is 6.92 Å². The summed E-state index contributed by atoms with van der Waals surface area (Å²) in [6.07, 6.45) is 0.756. The van der Waals surface area contributed by atoms with Crippen molar-refractivity contribution in [3.63, 3.8) is 0 Å². The lowest BCUT2D eigenvalue weighted by molar-refractivity contribution is 0.0697. The number of ether oxygens (including phenoxy) is 2. The standard InChI is InChI=1S/C14H21ClN2O3/c1-11-4-5-12(10-13(11)15)17-14(18)16-6-3-7-20-9-8-19-2/h4-5,10H,3,6-9H2,1-2H3,(H2,16,17,18). The van der Waals surface area contributed by atoms with Gasteiger partial charge in [-0.05, 0) is 31.0 Å². The van der Waals surface area contributed by atoms with Gasteiger partial charge in [0.15, 0.2) is 0 Å². The van der Waals surface area contributed by atoms with Crippen molar-refractivity contribution in [3.05, 3.63) is 28.8 Å². The summed E-state index contributed by atoms with van der Waals surface area (Å²) in [5.41, 5.74) is 1.65. The van der Waals surface area contributed by atoms with Crippen LogP contribution in [0.1, 0.15) is 12.0 Å². The number of anilines is 1. The molecule has 0 fully saturated rings. The Labute approximate surface area is 124 Å². The quantitative estimate of drug-likeness (QED) is 0.726. The average molecular weight is 301 g/mol. The lowest BCUT2D eigenvalue weighted by atomic mass is 10.2. The molecule has 5 nitrogen and oxygen atoms in total. The van der Waals surface area contributed by atoms with Crippen molar-refractivity contribution in [1.82, 2.24) is 5.32 Å². The first-order valence-electron chi connectivity index (χ1n) is 6.51. The van der Waals surface area contributed by atoms with Crippen LogP contribution in [0.15, 0.2) is 18.2 Å². The van der Waals surface area contributed by atoms with E-state index in [0.29, 0.717) is 37.1 Å². The zero-order chi connectivity index (χ0) is 14.8. The molecule has 20 heavy (non-hydrogen) atoms. The smallest absolute Gasteiger partial charge is 0.319 e. The fraction of sp³-hybridized carbons (Fsp3) is 0.500. The number of rotatable bonds is 8. The van der Waals surface area contributed by atoms with Gasteiger partial charge in [-0.1, -0.05) is 17.7 Å². The molecule has 2 N–H and O–H groups in total. The number of halogens is 1. The molecule has 0 aliphatic carbocycles. The second-order valence-electron chi connectivity index (χ2n) is 4.30. The molecule has 0 unspecified atom stereocenters. The van der Waals surface area contributed by atoms with Crippen LogP contribution in [0.2, 0.25) is 5.02 Å². The van der Waals surface area contributed by atoms with Crippen LogP contribution in [-0.4, -0.2) is 39.5 Å². The number of nitrogens with one attached hydrogen (secondary N) is 2. The van der Waals surface area contributed by atoms with E-state index >= 15 is 0 Å². The third-order valence-corrected chi connectivity index (χ3v) is 3.02. The maximum absolute atomic E-state index is 11.6. The number of benzene rings is 1. The van der Waals surface area contributed by atoms with E-state index in [0.717, 1.165) is 12.0 Å². The maximum Gasteiger partial charge on any atom is 0.319 e. The molecular formula is C14H21ClN2O3. The zero-order valence-electron chi connectivity index (χ0n) is 11.9. The molecule has 0 aliphatic heterocycles. The Morgan fingerprint density at radius 3 is 2.80 bits per heavy atom. The summed E-state index contributed by atoms with van der Waals surface area (Å²) in [7, 11) is 1.63. The van der Waals surface area contributed by atoms with Gasteiger partial charge in [0.2, 0.25) is 0 Å². The van der Waals surface area contributed by atoms with E-state index in [1.54, 1.807) is 13.2 Å². The number of hydrogen-bond acceptors (Lipinski definition) is 3. The molecule has 1 aromatic rings. The van der Waals surface area contributed by atoms with Gasteiger partial charge >= 0.3 is 6.03 Å². The van der Waals surface area contributed by atoms with Crippen molar-refractivity contribution in [2.45, 2.75) is 13.3 Å². The van der Waals surface area contributed by atoms with Crippen LogP contribution in [0.5, 0.6) is 0 Å².